The van der Waals surface area contributed by atoms with Crippen LogP contribution in [0.1, 0.15) is 21.7 Å². The zero-order valence-electron chi connectivity index (χ0n) is 14.4. The van der Waals surface area contributed by atoms with E-state index in [1.54, 1.807) is 12.1 Å². The molecule has 0 atom stereocenters. The van der Waals surface area contributed by atoms with Crippen molar-refractivity contribution in [1.82, 2.24) is 0 Å². The SMILES string of the molecule is COC(=O)c1ccoc1COC(=O)/C=C/c1cc(Cl)c(OC)c(OC)c1. The second-order valence-electron chi connectivity index (χ2n) is 4.93. The molecule has 0 N–H and O–H groups in total. The van der Waals surface area contributed by atoms with E-state index in [1.165, 1.54) is 45.8 Å². The molecule has 0 unspecified atom stereocenters. The molecule has 1 aromatic carbocycles. The molecule has 0 aliphatic rings. The minimum absolute atomic E-state index is 0.201. The average Bonchev–Trinajstić information content (AvgIpc) is 3.12. The molecule has 2 aromatic rings. The highest BCUT2D eigenvalue weighted by Crippen LogP contribution is 2.36. The summed E-state index contributed by atoms with van der Waals surface area (Å²) in [5, 5.41) is 0.346. The number of hydrogen-bond acceptors (Lipinski definition) is 7. The van der Waals surface area contributed by atoms with E-state index < -0.39 is 11.9 Å². The van der Waals surface area contributed by atoms with Crippen LogP contribution in [0.3, 0.4) is 0 Å². The monoisotopic (exact) mass is 380 g/mol. The van der Waals surface area contributed by atoms with Gasteiger partial charge >= 0.3 is 11.9 Å². The Hall–Kier alpha value is -2.93. The Morgan fingerprint density at radius 1 is 1.19 bits per heavy atom. The Morgan fingerprint density at radius 2 is 1.96 bits per heavy atom. The molecular weight excluding hydrogens is 364 g/mol. The van der Waals surface area contributed by atoms with Crippen molar-refractivity contribution in [3.05, 3.63) is 52.4 Å². The van der Waals surface area contributed by atoms with E-state index in [-0.39, 0.29) is 17.9 Å². The van der Waals surface area contributed by atoms with E-state index >= 15 is 0 Å². The van der Waals surface area contributed by atoms with Gasteiger partial charge in [0.1, 0.15) is 5.56 Å². The average molecular weight is 381 g/mol. The largest absolute Gasteiger partial charge is 0.493 e. The van der Waals surface area contributed by atoms with Gasteiger partial charge in [0.2, 0.25) is 0 Å². The van der Waals surface area contributed by atoms with E-state index in [2.05, 4.69) is 4.74 Å². The van der Waals surface area contributed by atoms with Gasteiger partial charge in [-0.2, -0.15) is 0 Å². The van der Waals surface area contributed by atoms with Crippen LogP contribution in [0.25, 0.3) is 6.08 Å². The number of ether oxygens (including phenoxy) is 4. The normalized spacial score (nSPS) is 10.6. The Bertz CT molecular complexity index is 823. The van der Waals surface area contributed by atoms with Crippen LogP contribution in [-0.4, -0.2) is 33.3 Å². The number of carbonyl (C=O) groups excluding carboxylic acids is 2. The van der Waals surface area contributed by atoms with Crippen LogP contribution in [0.5, 0.6) is 11.5 Å². The number of carbonyl (C=O) groups is 2. The van der Waals surface area contributed by atoms with Gasteiger partial charge in [-0.1, -0.05) is 11.6 Å². The van der Waals surface area contributed by atoms with Gasteiger partial charge in [-0.15, -0.1) is 0 Å². The molecule has 0 saturated heterocycles. The molecule has 0 aliphatic heterocycles. The lowest BCUT2D eigenvalue weighted by Crippen LogP contribution is -2.06. The summed E-state index contributed by atoms with van der Waals surface area (Å²) in [4.78, 5) is 23.4. The Kier molecular flexibility index (Phi) is 6.68. The fourth-order valence-electron chi connectivity index (χ4n) is 2.13. The Balaban J connectivity index is 2.03. The fraction of sp³-hybridized carbons (Fsp3) is 0.222. The van der Waals surface area contributed by atoms with Gasteiger partial charge in [-0.25, -0.2) is 9.59 Å². The van der Waals surface area contributed by atoms with Crippen molar-refractivity contribution in [2.75, 3.05) is 21.3 Å². The van der Waals surface area contributed by atoms with Gasteiger partial charge in [0, 0.05) is 6.08 Å². The first kappa shape index (κ1) is 19.4. The standard InChI is InChI=1S/C18H17ClO7/c1-22-14-9-11(8-13(19)17(14)23-2)4-5-16(20)26-10-15-12(6-7-25-15)18(21)24-3/h4-9H,10H2,1-3H3/b5-4+. The second kappa shape index (κ2) is 8.96. The highest BCUT2D eigenvalue weighted by Gasteiger charge is 2.16. The van der Waals surface area contributed by atoms with E-state index in [9.17, 15) is 9.59 Å². The summed E-state index contributed by atoms with van der Waals surface area (Å²) in [5.41, 5.74) is 0.828. The lowest BCUT2D eigenvalue weighted by molar-refractivity contribution is -0.139. The van der Waals surface area contributed by atoms with Gasteiger partial charge in [-0.3, -0.25) is 0 Å². The molecule has 0 saturated carbocycles. The molecule has 1 heterocycles. The van der Waals surface area contributed by atoms with Crippen molar-refractivity contribution in [1.29, 1.82) is 0 Å². The molecule has 1 aromatic heterocycles. The Morgan fingerprint density at radius 3 is 2.62 bits per heavy atom. The van der Waals surface area contributed by atoms with E-state index in [0.717, 1.165) is 0 Å². The number of benzene rings is 1. The number of methoxy groups -OCH3 is 3. The molecule has 0 amide bonds. The predicted molar refractivity (Wildman–Crippen MR) is 93.4 cm³/mol. The number of hydrogen-bond donors (Lipinski definition) is 0. The first-order valence-corrected chi connectivity index (χ1v) is 7.79. The lowest BCUT2D eigenvalue weighted by atomic mass is 10.2. The van der Waals surface area contributed by atoms with Crippen molar-refractivity contribution in [3.63, 3.8) is 0 Å². The van der Waals surface area contributed by atoms with E-state index in [0.29, 0.717) is 22.1 Å². The van der Waals surface area contributed by atoms with E-state index in [4.69, 9.17) is 30.2 Å². The molecule has 0 radical (unpaired) electrons. The molecule has 26 heavy (non-hydrogen) atoms. The van der Waals surface area contributed by atoms with Crippen LogP contribution in [0, 0.1) is 0 Å². The summed E-state index contributed by atoms with van der Waals surface area (Å²) in [5.74, 6) is -0.149. The zero-order chi connectivity index (χ0) is 19.1. The van der Waals surface area contributed by atoms with Crippen molar-refractivity contribution < 1.29 is 33.0 Å². The first-order valence-electron chi connectivity index (χ1n) is 7.41. The highest BCUT2D eigenvalue weighted by atomic mass is 35.5. The molecule has 7 nitrogen and oxygen atoms in total. The van der Waals surface area contributed by atoms with Crippen LogP contribution in [0.4, 0.5) is 0 Å². The quantitative estimate of drug-likeness (QED) is 0.537. The lowest BCUT2D eigenvalue weighted by Gasteiger charge is -2.10. The number of halogens is 1. The third kappa shape index (κ3) is 4.58. The first-order chi connectivity index (χ1) is 12.5. The van der Waals surface area contributed by atoms with Crippen LogP contribution in [-0.2, 0) is 20.9 Å². The van der Waals surface area contributed by atoms with E-state index in [1.807, 2.05) is 0 Å². The number of rotatable bonds is 7. The molecular formula is C18H17ClO7. The highest BCUT2D eigenvalue weighted by molar-refractivity contribution is 6.32. The predicted octanol–water partition coefficient (Wildman–Crippen LogP) is 3.49. The summed E-state index contributed by atoms with van der Waals surface area (Å²) >= 11 is 6.11. The summed E-state index contributed by atoms with van der Waals surface area (Å²) in [6.45, 7) is -0.201. The van der Waals surface area contributed by atoms with Gasteiger partial charge in [-0.05, 0) is 29.8 Å². The number of furan rings is 1. The van der Waals surface area contributed by atoms with Crippen molar-refractivity contribution in [2.45, 2.75) is 6.61 Å². The molecule has 0 spiro atoms. The minimum Gasteiger partial charge on any atom is -0.493 e. The summed E-state index contributed by atoms with van der Waals surface area (Å²) in [6, 6.07) is 4.72. The molecule has 8 heteroatoms. The third-order valence-electron chi connectivity index (χ3n) is 3.36. The van der Waals surface area contributed by atoms with Gasteiger partial charge in [0.05, 0.1) is 32.6 Å². The summed E-state index contributed by atoms with van der Waals surface area (Å²) in [7, 11) is 4.22. The topological polar surface area (TPSA) is 84.2 Å². The molecule has 0 aliphatic carbocycles. The second-order valence-corrected chi connectivity index (χ2v) is 5.34. The Labute approximate surface area is 155 Å². The maximum atomic E-state index is 11.9. The third-order valence-corrected chi connectivity index (χ3v) is 3.64. The fourth-order valence-corrected chi connectivity index (χ4v) is 2.42. The van der Waals surface area contributed by atoms with Crippen molar-refractivity contribution >= 4 is 29.6 Å². The molecule has 2 rings (SSSR count). The van der Waals surface area contributed by atoms with Gasteiger partial charge in [0.15, 0.2) is 23.9 Å². The van der Waals surface area contributed by atoms with Crippen LogP contribution < -0.4 is 9.47 Å². The molecule has 0 fully saturated rings. The van der Waals surface area contributed by atoms with Crippen LogP contribution in [0.2, 0.25) is 5.02 Å². The zero-order valence-corrected chi connectivity index (χ0v) is 15.2. The smallest absolute Gasteiger partial charge is 0.341 e. The van der Waals surface area contributed by atoms with Crippen molar-refractivity contribution in [3.8, 4) is 11.5 Å². The summed E-state index contributed by atoms with van der Waals surface area (Å²) in [6.07, 6.45) is 4.05. The van der Waals surface area contributed by atoms with Gasteiger partial charge < -0.3 is 23.4 Å². The number of esters is 2. The van der Waals surface area contributed by atoms with Crippen LogP contribution in [0.15, 0.2) is 35.0 Å². The minimum atomic E-state index is -0.622. The maximum Gasteiger partial charge on any atom is 0.341 e. The van der Waals surface area contributed by atoms with Crippen LogP contribution >= 0.6 is 11.6 Å². The van der Waals surface area contributed by atoms with Crippen molar-refractivity contribution in [2.24, 2.45) is 0 Å². The molecule has 138 valence electrons. The van der Waals surface area contributed by atoms with Gasteiger partial charge in [0.25, 0.3) is 0 Å². The summed E-state index contributed by atoms with van der Waals surface area (Å²) < 4.78 is 25.1. The molecule has 0 bridgehead atoms. The maximum absolute atomic E-state index is 11.9.